The van der Waals surface area contributed by atoms with Crippen molar-refractivity contribution in [3.63, 3.8) is 0 Å². The van der Waals surface area contributed by atoms with E-state index in [-0.39, 0.29) is 0 Å². The third kappa shape index (κ3) is 13.0. The summed E-state index contributed by atoms with van der Waals surface area (Å²) in [6.07, 6.45) is 21.7. The zero-order valence-corrected chi connectivity index (χ0v) is 17.3. The van der Waals surface area contributed by atoms with Crippen molar-refractivity contribution in [2.45, 2.75) is 131 Å². The molecule has 0 atom stereocenters. The number of rotatable bonds is 17. The average Bonchev–Trinajstić information content (AvgIpc) is 2.54. The largest absolute Gasteiger partial charge is 0.0654 e. The molecule has 0 amide bonds. The molecular formula is C23H48. The molecule has 0 aromatic heterocycles. The van der Waals surface area contributed by atoms with Crippen LogP contribution < -0.4 is 0 Å². The molecule has 0 bridgehead atoms. The van der Waals surface area contributed by atoms with Crippen LogP contribution >= 0.6 is 0 Å². The Morgan fingerprint density at radius 3 is 0.957 bits per heavy atom. The first-order valence-electron chi connectivity index (χ1n) is 11.2. The molecule has 140 valence electrons. The molecule has 0 unspecified atom stereocenters. The highest BCUT2D eigenvalue weighted by atomic mass is 14.2. The van der Waals surface area contributed by atoms with Gasteiger partial charge in [-0.25, -0.2) is 0 Å². The minimum Gasteiger partial charge on any atom is -0.0654 e. The van der Waals surface area contributed by atoms with Gasteiger partial charge in [0, 0.05) is 0 Å². The summed E-state index contributed by atoms with van der Waals surface area (Å²) < 4.78 is 0. The minimum absolute atomic E-state index is 1.00. The smallest absolute Gasteiger partial charge is 0.0414 e. The molecule has 0 radical (unpaired) electrons. The van der Waals surface area contributed by atoms with Gasteiger partial charge in [0.1, 0.15) is 0 Å². The zero-order valence-electron chi connectivity index (χ0n) is 17.3. The predicted octanol–water partition coefficient (Wildman–Crippen LogP) is 8.79. The van der Waals surface area contributed by atoms with E-state index < -0.39 is 0 Å². The third-order valence-corrected chi connectivity index (χ3v) is 5.81. The summed E-state index contributed by atoms with van der Waals surface area (Å²) in [6.45, 7) is 11.8. The Labute approximate surface area is 149 Å². The molecule has 0 heterocycles. The molecule has 0 saturated carbocycles. The predicted molar refractivity (Wildman–Crippen MR) is 108 cm³/mol. The standard InChI is InChI=1S/C23H48/c1-6-13-22(14-7-2)19-11-17-21(10-5)18-12-20-23(15-8-3)16-9-4/h21-23H,6-20H2,1-5H3. The molecular weight excluding hydrogens is 276 g/mol. The average molecular weight is 325 g/mol. The lowest BCUT2D eigenvalue weighted by atomic mass is 9.86. The topological polar surface area (TPSA) is 0 Å². The second-order valence-corrected chi connectivity index (χ2v) is 8.02. The van der Waals surface area contributed by atoms with Gasteiger partial charge in [-0.3, -0.25) is 0 Å². The van der Waals surface area contributed by atoms with Crippen molar-refractivity contribution in [3.05, 3.63) is 0 Å². The van der Waals surface area contributed by atoms with E-state index in [1.807, 2.05) is 0 Å². The lowest BCUT2D eigenvalue weighted by molar-refractivity contribution is 0.330. The van der Waals surface area contributed by atoms with Gasteiger partial charge in [0.2, 0.25) is 0 Å². The summed E-state index contributed by atoms with van der Waals surface area (Å²) in [7, 11) is 0. The molecule has 0 fully saturated rings. The van der Waals surface area contributed by atoms with Crippen molar-refractivity contribution in [1.82, 2.24) is 0 Å². The van der Waals surface area contributed by atoms with Crippen LogP contribution in [0.2, 0.25) is 0 Å². The molecule has 0 aromatic carbocycles. The molecule has 0 heteroatoms. The van der Waals surface area contributed by atoms with Crippen LogP contribution in [0.4, 0.5) is 0 Å². The molecule has 0 aromatic rings. The van der Waals surface area contributed by atoms with Crippen molar-refractivity contribution in [2.75, 3.05) is 0 Å². The molecule has 0 rings (SSSR count). The molecule has 0 N–H and O–H groups in total. The molecule has 0 aliphatic carbocycles. The number of hydrogen-bond acceptors (Lipinski definition) is 0. The van der Waals surface area contributed by atoms with Crippen molar-refractivity contribution >= 4 is 0 Å². The van der Waals surface area contributed by atoms with Crippen LogP contribution in [0.15, 0.2) is 0 Å². The Morgan fingerprint density at radius 1 is 0.391 bits per heavy atom. The van der Waals surface area contributed by atoms with Crippen LogP contribution in [0.3, 0.4) is 0 Å². The molecule has 0 spiro atoms. The summed E-state index contributed by atoms with van der Waals surface area (Å²) in [4.78, 5) is 0. The highest BCUT2D eigenvalue weighted by molar-refractivity contribution is 4.65. The second kappa shape index (κ2) is 16.8. The van der Waals surface area contributed by atoms with Crippen molar-refractivity contribution in [1.29, 1.82) is 0 Å². The lowest BCUT2D eigenvalue weighted by Crippen LogP contribution is -2.05. The first kappa shape index (κ1) is 23.0. The molecule has 0 nitrogen and oxygen atoms in total. The Hall–Kier alpha value is 0. The van der Waals surface area contributed by atoms with Gasteiger partial charge in [-0.05, 0) is 17.8 Å². The Morgan fingerprint density at radius 2 is 0.696 bits per heavy atom. The van der Waals surface area contributed by atoms with Crippen LogP contribution in [0, 0.1) is 17.8 Å². The molecule has 0 aliphatic rings. The van der Waals surface area contributed by atoms with E-state index in [0.717, 1.165) is 17.8 Å². The highest BCUT2D eigenvalue weighted by Crippen LogP contribution is 2.27. The second-order valence-electron chi connectivity index (χ2n) is 8.02. The van der Waals surface area contributed by atoms with E-state index >= 15 is 0 Å². The zero-order chi connectivity index (χ0) is 17.3. The van der Waals surface area contributed by atoms with Crippen molar-refractivity contribution < 1.29 is 0 Å². The first-order valence-corrected chi connectivity index (χ1v) is 11.2. The van der Waals surface area contributed by atoms with Gasteiger partial charge in [-0.1, -0.05) is 131 Å². The minimum atomic E-state index is 1.00. The van der Waals surface area contributed by atoms with Gasteiger partial charge in [0.05, 0.1) is 0 Å². The quantitative estimate of drug-likeness (QED) is 0.251. The summed E-state index contributed by atoms with van der Waals surface area (Å²) in [5, 5.41) is 0. The lowest BCUT2D eigenvalue weighted by Gasteiger charge is -2.20. The SMILES string of the molecule is CCCC(CCC)CCCC(CC)CCCC(CCC)CCC. The Kier molecular flexibility index (Phi) is 16.8. The third-order valence-electron chi connectivity index (χ3n) is 5.81. The maximum absolute atomic E-state index is 2.41. The molecule has 0 saturated heterocycles. The maximum Gasteiger partial charge on any atom is -0.0414 e. The van der Waals surface area contributed by atoms with Crippen LogP contribution in [0.25, 0.3) is 0 Å². The van der Waals surface area contributed by atoms with Gasteiger partial charge in [0.25, 0.3) is 0 Å². The van der Waals surface area contributed by atoms with Crippen LogP contribution in [-0.2, 0) is 0 Å². The van der Waals surface area contributed by atoms with E-state index in [2.05, 4.69) is 34.6 Å². The van der Waals surface area contributed by atoms with Crippen LogP contribution in [-0.4, -0.2) is 0 Å². The van der Waals surface area contributed by atoms with E-state index in [4.69, 9.17) is 0 Å². The molecule has 0 aliphatic heterocycles. The Bertz CT molecular complexity index is 186. The van der Waals surface area contributed by atoms with Gasteiger partial charge < -0.3 is 0 Å². The summed E-state index contributed by atoms with van der Waals surface area (Å²) in [5.74, 6) is 3.03. The van der Waals surface area contributed by atoms with Crippen LogP contribution in [0.5, 0.6) is 0 Å². The summed E-state index contributed by atoms with van der Waals surface area (Å²) >= 11 is 0. The maximum atomic E-state index is 2.41. The fourth-order valence-corrected chi connectivity index (χ4v) is 4.44. The van der Waals surface area contributed by atoms with Crippen molar-refractivity contribution in [3.8, 4) is 0 Å². The first-order chi connectivity index (χ1) is 11.2. The van der Waals surface area contributed by atoms with Gasteiger partial charge >= 0.3 is 0 Å². The summed E-state index contributed by atoms with van der Waals surface area (Å²) in [5.41, 5.74) is 0. The highest BCUT2D eigenvalue weighted by Gasteiger charge is 2.12. The van der Waals surface area contributed by atoms with E-state index in [1.165, 1.54) is 96.3 Å². The van der Waals surface area contributed by atoms with Gasteiger partial charge in [-0.2, -0.15) is 0 Å². The van der Waals surface area contributed by atoms with E-state index in [0.29, 0.717) is 0 Å². The van der Waals surface area contributed by atoms with Gasteiger partial charge in [-0.15, -0.1) is 0 Å². The normalized spacial score (nSPS) is 12.0. The Balaban J connectivity index is 3.91. The number of hydrogen-bond donors (Lipinski definition) is 0. The summed E-state index contributed by atoms with van der Waals surface area (Å²) in [6, 6.07) is 0. The van der Waals surface area contributed by atoms with Crippen LogP contribution in [0.1, 0.15) is 131 Å². The van der Waals surface area contributed by atoms with E-state index in [9.17, 15) is 0 Å². The fraction of sp³-hybridized carbons (Fsp3) is 1.00. The monoisotopic (exact) mass is 324 g/mol. The van der Waals surface area contributed by atoms with E-state index in [1.54, 1.807) is 0 Å². The molecule has 23 heavy (non-hydrogen) atoms. The van der Waals surface area contributed by atoms with Crippen molar-refractivity contribution in [2.24, 2.45) is 17.8 Å². The fourth-order valence-electron chi connectivity index (χ4n) is 4.44. The van der Waals surface area contributed by atoms with Gasteiger partial charge in [0.15, 0.2) is 0 Å².